The van der Waals surface area contributed by atoms with Crippen LogP contribution in [0.4, 0.5) is 0 Å². The first-order chi connectivity index (χ1) is 8.61. The molecule has 0 spiro atoms. The molecule has 0 aromatic heterocycles. The number of carbonyl (C=O) groups is 1. The molecule has 1 fully saturated rings. The molecule has 0 unspecified atom stereocenters. The summed E-state index contributed by atoms with van der Waals surface area (Å²) in [5.74, 6) is -0.0643. The number of carbonyl (C=O) groups excluding carboxylic acids is 1. The second kappa shape index (κ2) is 5.53. The third-order valence-electron chi connectivity index (χ3n) is 3.82. The van der Waals surface area contributed by atoms with Gasteiger partial charge in [0.25, 0.3) is 0 Å². The van der Waals surface area contributed by atoms with Crippen LogP contribution in [0.5, 0.6) is 0 Å². The quantitative estimate of drug-likeness (QED) is 0.861. The molecule has 0 aliphatic heterocycles. The van der Waals surface area contributed by atoms with Crippen molar-refractivity contribution >= 4 is 5.91 Å². The first-order valence-corrected chi connectivity index (χ1v) is 6.73. The predicted octanol–water partition coefficient (Wildman–Crippen LogP) is 2.53. The molecule has 0 radical (unpaired) electrons. The van der Waals surface area contributed by atoms with E-state index in [2.05, 4.69) is 12.2 Å². The Kier molecular flexibility index (Phi) is 4.02. The Labute approximate surface area is 109 Å². The molecule has 1 aliphatic carbocycles. The maximum atomic E-state index is 12.2. The summed E-state index contributed by atoms with van der Waals surface area (Å²) in [4.78, 5) is 12.2. The normalized spacial score (nSPS) is 20.1. The average molecular weight is 246 g/mol. The van der Waals surface area contributed by atoms with Gasteiger partial charge in [-0.05, 0) is 25.3 Å². The van der Waals surface area contributed by atoms with E-state index in [9.17, 15) is 4.79 Å². The van der Waals surface area contributed by atoms with E-state index in [0.717, 1.165) is 18.4 Å². The van der Waals surface area contributed by atoms with E-state index < -0.39 is 6.04 Å². The number of nitrogens with two attached hydrogens (primary N) is 1. The van der Waals surface area contributed by atoms with Crippen molar-refractivity contribution in [3.05, 3.63) is 35.9 Å². The van der Waals surface area contributed by atoms with Gasteiger partial charge in [0.05, 0.1) is 0 Å². The topological polar surface area (TPSA) is 55.1 Å². The molecule has 3 heteroatoms. The highest BCUT2D eigenvalue weighted by Gasteiger charge is 2.30. The second-order valence-corrected chi connectivity index (χ2v) is 5.50. The standard InChI is InChI=1S/C15H22N2O/c1-15(10-6-3-7-11-15)17-14(18)13(16)12-8-4-2-5-9-12/h2,4-5,8-9,13H,3,6-7,10-11,16H2,1H3,(H,17,18)/t13-/m1/s1. The molecule has 0 heterocycles. The van der Waals surface area contributed by atoms with Crippen molar-refractivity contribution in [3.8, 4) is 0 Å². The molecule has 3 nitrogen and oxygen atoms in total. The molecule has 3 N–H and O–H groups in total. The summed E-state index contributed by atoms with van der Waals surface area (Å²) >= 11 is 0. The van der Waals surface area contributed by atoms with E-state index in [1.54, 1.807) is 0 Å². The summed E-state index contributed by atoms with van der Waals surface area (Å²) in [5.41, 5.74) is 6.80. The fourth-order valence-corrected chi connectivity index (χ4v) is 2.64. The van der Waals surface area contributed by atoms with Crippen molar-refractivity contribution in [2.24, 2.45) is 5.73 Å². The zero-order valence-corrected chi connectivity index (χ0v) is 11.0. The number of benzene rings is 1. The van der Waals surface area contributed by atoms with Gasteiger partial charge in [0.15, 0.2) is 0 Å². The Hall–Kier alpha value is -1.35. The maximum absolute atomic E-state index is 12.2. The van der Waals surface area contributed by atoms with Crippen molar-refractivity contribution in [3.63, 3.8) is 0 Å². The minimum Gasteiger partial charge on any atom is -0.349 e. The monoisotopic (exact) mass is 246 g/mol. The second-order valence-electron chi connectivity index (χ2n) is 5.50. The Balaban J connectivity index is 1.99. The molecular weight excluding hydrogens is 224 g/mol. The smallest absolute Gasteiger partial charge is 0.241 e. The van der Waals surface area contributed by atoms with Gasteiger partial charge in [-0.3, -0.25) is 4.79 Å². The maximum Gasteiger partial charge on any atom is 0.241 e. The number of rotatable bonds is 3. The number of hydrogen-bond acceptors (Lipinski definition) is 2. The van der Waals surface area contributed by atoms with Gasteiger partial charge in [0.2, 0.25) is 5.91 Å². The summed E-state index contributed by atoms with van der Waals surface area (Å²) in [5, 5.41) is 3.13. The van der Waals surface area contributed by atoms with Crippen LogP contribution in [0.2, 0.25) is 0 Å². The highest BCUT2D eigenvalue weighted by molar-refractivity contribution is 5.83. The first kappa shape index (κ1) is 13.1. The van der Waals surface area contributed by atoms with E-state index in [4.69, 9.17) is 5.73 Å². The lowest BCUT2D eigenvalue weighted by Gasteiger charge is -2.35. The molecule has 1 aromatic carbocycles. The van der Waals surface area contributed by atoms with Crippen LogP contribution in [0.25, 0.3) is 0 Å². The Morgan fingerprint density at radius 1 is 1.22 bits per heavy atom. The lowest BCUT2D eigenvalue weighted by Crippen LogP contribution is -2.50. The van der Waals surface area contributed by atoms with Crippen molar-refractivity contribution in [2.75, 3.05) is 0 Å². The molecule has 1 saturated carbocycles. The largest absolute Gasteiger partial charge is 0.349 e. The van der Waals surface area contributed by atoms with Gasteiger partial charge in [-0.15, -0.1) is 0 Å². The van der Waals surface area contributed by atoms with Crippen molar-refractivity contribution < 1.29 is 4.79 Å². The van der Waals surface area contributed by atoms with Gasteiger partial charge in [0, 0.05) is 5.54 Å². The predicted molar refractivity (Wildman–Crippen MR) is 73.0 cm³/mol. The van der Waals surface area contributed by atoms with E-state index >= 15 is 0 Å². The Morgan fingerprint density at radius 3 is 2.44 bits per heavy atom. The van der Waals surface area contributed by atoms with Gasteiger partial charge in [0.1, 0.15) is 6.04 Å². The molecule has 0 bridgehead atoms. The molecule has 0 saturated heterocycles. The molecule has 18 heavy (non-hydrogen) atoms. The van der Waals surface area contributed by atoms with Gasteiger partial charge in [-0.25, -0.2) is 0 Å². The fraction of sp³-hybridized carbons (Fsp3) is 0.533. The van der Waals surface area contributed by atoms with Crippen LogP contribution < -0.4 is 11.1 Å². The van der Waals surface area contributed by atoms with Crippen molar-refractivity contribution in [1.82, 2.24) is 5.32 Å². The summed E-state index contributed by atoms with van der Waals surface area (Å²) in [6.45, 7) is 2.13. The van der Waals surface area contributed by atoms with Crippen LogP contribution in [0.15, 0.2) is 30.3 Å². The fourth-order valence-electron chi connectivity index (χ4n) is 2.64. The highest BCUT2D eigenvalue weighted by Crippen LogP contribution is 2.28. The molecule has 98 valence electrons. The van der Waals surface area contributed by atoms with E-state index in [1.807, 2.05) is 30.3 Å². The average Bonchev–Trinajstić information content (AvgIpc) is 2.39. The third kappa shape index (κ3) is 3.10. The van der Waals surface area contributed by atoms with E-state index in [0.29, 0.717) is 0 Å². The highest BCUT2D eigenvalue weighted by atomic mass is 16.2. The summed E-state index contributed by atoms with van der Waals surface area (Å²) in [6.07, 6.45) is 5.77. The minimum atomic E-state index is -0.565. The summed E-state index contributed by atoms with van der Waals surface area (Å²) in [7, 11) is 0. The lowest BCUT2D eigenvalue weighted by molar-refractivity contribution is -0.124. The summed E-state index contributed by atoms with van der Waals surface area (Å²) < 4.78 is 0. The minimum absolute atomic E-state index is 0.0643. The lowest BCUT2D eigenvalue weighted by atomic mass is 9.83. The molecule has 1 amide bonds. The van der Waals surface area contributed by atoms with Gasteiger partial charge in [-0.2, -0.15) is 0 Å². The van der Waals surface area contributed by atoms with E-state index in [1.165, 1.54) is 19.3 Å². The molecule has 1 aromatic rings. The van der Waals surface area contributed by atoms with Gasteiger partial charge in [-0.1, -0.05) is 49.6 Å². The first-order valence-electron chi connectivity index (χ1n) is 6.73. The van der Waals surface area contributed by atoms with Crippen molar-refractivity contribution in [2.45, 2.75) is 50.6 Å². The van der Waals surface area contributed by atoms with Crippen LogP contribution in [-0.2, 0) is 4.79 Å². The molecular formula is C15H22N2O. The van der Waals surface area contributed by atoms with Crippen LogP contribution in [0.3, 0.4) is 0 Å². The zero-order chi connectivity index (χ0) is 13.0. The van der Waals surface area contributed by atoms with E-state index in [-0.39, 0.29) is 11.4 Å². The van der Waals surface area contributed by atoms with Crippen LogP contribution >= 0.6 is 0 Å². The molecule has 1 atom stereocenters. The SMILES string of the molecule is CC1(NC(=O)[C@H](N)c2ccccc2)CCCCC1. The summed E-state index contributed by atoms with van der Waals surface area (Å²) in [6, 6.07) is 8.97. The zero-order valence-electron chi connectivity index (χ0n) is 11.0. The number of amides is 1. The molecule has 2 rings (SSSR count). The van der Waals surface area contributed by atoms with Crippen LogP contribution in [-0.4, -0.2) is 11.4 Å². The van der Waals surface area contributed by atoms with Gasteiger partial charge >= 0.3 is 0 Å². The number of hydrogen-bond donors (Lipinski definition) is 2. The van der Waals surface area contributed by atoms with Crippen LogP contribution in [0, 0.1) is 0 Å². The number of nitrogens with one attached hydrogen (secondary N) is 1. The van der Waals surface area contributed by atoms with Crippen molar-refractivity contribution in [1.29, 1.82) is 0 Å². The Bertz CT molecular complexity index is 396. The molecule has 1 aliphatic rings. The third-order valence-corrected chi connectivity index (χ3v) is 3.82. The van der Waals surface area contributed by atoms with Crippen LogP contribution in [0.1, 0.15) is 50.6 Å². The Morgan fingerprint density at radius 2 is 1.83 bits per heavy atom. The van der Waals surface area contributed by atoms with Gasteiger partial charge < -0.3 is 11.1 Å².